The van der Waals surface area contributed by atoms with Crippen LogP contribution in [0.25, 0.3) is 0 Å². The summed E-state index contributed by atoms with van der Waals surface area (Å²) in [7, 11) is -3.17. The minimum absolute atomic E-state index is 0.0683. The molecule has 0 aliphatic rings. The maximum atomic E-state index is 11.6. The summed E-state index contributed by atoms with van der Waals surface area (Å²) in [6.07, 6.45) is 2.68. The van der Waals surface area contributed by atoms with Crippen LogP contribution in [0.2, 0.25) is 0 Å². The van der Waals surface area contributed by atoms with E-state index in [0.717, 1.165) is 18.0 Å². The van der Waals surface area contributed by atoms with Gasteiger partial charge >= 0.3 is 0 Å². The summed E-state index contributed by atoms with van der Waals surface area (Å²) in [5, 5.41) is 1.51. The van der Waals surface area contributed by atoms with Crippen molar-refractivity contribution in [3.8, 4) is 0 Å². The van der Waals surface area contributed by atoms with Gasteiger partial charge in [0.2, 0.25) is 15.1 Å². The lowest BCUT2D eigenvalue weighted by atomic mass is 10.2. The molecule has 0 saturated carbocycles. The number of hydrogen-bond acceptors (Lipinski definition) is 4. The standard InChI is InChI=1S/C11H13NO3S2/c1-17(14,15)12-8-5-9-16-11(13)10-6-3-2-4-7-10/h2-7,9,12H,8H2,1H3/b9-5-. The van der Waals surface area contributed by atoms with Crippen LogP contribution in [0.4, 0.5) is 0 Å². The highest BCUT2D eigenvalue weighted by atomic mass is 32.2. The van der Waals surface area contributed by atoms with E-state index in [-0.39, 0.29) is 11.7 Å². The van der Waals surface area contributed by atoms with Gasteiger partial charge in [-0.05, 0) is 5.41 Å². The Kier molecular flexibility index (Phi) is 5.40. The van der Waals surface area contributed by atoms with Crippen molar-refractivity contribution < 1.29 is 13.2 Å². The quantitative estimate of drug-likeness (QED) is 0.884. The van der Waals surface area contributed by atoms with Crippen LogP contribution in [0, 0.1) is 0 Å². The van der Waals surface area contributed by atoms with E-state index in [4.69, 9.17) is 0 Å². The maximum absolute atomic E-state index is 11.6. The van der Waals surface area contributed by atoms with E-state index in [9.17, 15) is 13.2 Å². The van der Waals surface area contributed by atoms with Gasteiger partial charge in [-0.25, -0.2) is 13.1 Å². The van der Waals surface area contributed by atoms with Crippen molar-refractivity contribution >= 4 is 26.9 Å². The number of thioether (sulfide) groups is 1. The Balaban J connectivity index is 2.37. The van der Waals surface area contributed by atoms with Crippen LogP contribution in [0.15, 0.2) is 41.8 Å². The third-order valence-electron chi connectivity index (χ3n) is 1.74. The van der Waals surface area contributed by atoms with Gasteiger partial charge in [0.1, 0.15) is 0 Å². The highest BCUT2D eigenvalue weighted by Crippen LogP contribution is 2.12. The molecule has 1 aromatic rings. The SMILES string of the molecule is CS(=O)(=O)NC/C=C\SC(=O)c1ccccc1. The molecule has 0 atom stereocenters. The molecule has 6 heteroatoms. The van der Waals surface area contributed by atoms with Crippen molar-refractivity contribution in [3.63, 3.8) is 0 Å². The number of rotatable bonds is 5. The topological polar surface area (TPSA) is 63.2 Å². The first-order chi connectivity index (χ1) is 7.99. The van der Waals surface area contributed by atoms with Crippen molar-refractivity contribution in [2.24, 2.45) is 0 Å². The largest absolute Gasteiger partial charge is 0.281 e. The second-order valence-electron chi connectivity index (χ2n) is 3.26. The van der Waals surface area contributed by atoms with Gasteiger partial charge in [0.15, 0.2) is 0 Å². The average molecular weight is 271 g/mol. The lowest BCUT2D eigenvalue weighted by molar-refractivity contribution is 0.109. The molecule has 0 saturated heterocycles. The van der Waals surface area contributed by atoms with Crippen LogP contribution in [-0.2, 0) is 10.0 Å². The van der Waals surface area contributed by atoms with E-state index in [2.05, 4.69) is 4.72 Å². The normalized spacial score (nSPS) is 11.8. The Morgan fingerprint density at radius 1 is 1.35 bits per heavy atom. The van der Waals surface area contributed by atoms with Crippen molar-refractivity contribution in [3.05, 3.63) is 47.4 Å². The summed E-state index contributed by atoms with van der Waals surface area (Å²) in [4.78, 5) is 11.6. The Labute approximate surface area is 105 Å². The maximum Gasteiger partial charge on any atom is 0.223 e. The second kappa shape index (κ2) is 6.58. The molecule has 0 unspecified atom stereocenters. The molecule has 1 aromatic carbocycles. The number of hydrogen-bond donors (Lipinski definition) is 1. The first kappa shape index (κ1) is 14.0. The van der Waals surface area contributed by atoms with Crippen LogP contribution in [0.3, 0.4) is 0 Å². The highest BCUT2D eigenvalue weighted by molar-refractivity contribution is 8.16. The smallest absolute Gasteiger partial charge is 0.223 e. The number of nitrogens with one attached hydrogen (secondary N) is 1. The van der Waals surface area contributed by atoms with Gasteiger partial charge in [0.25, 0.3) is 0 Å². The molecule has 17 heavy (non-hydrogen) atoms. The van der Waals surface area contributed by atoms with Gasteiger partial charge in [-0.3, -0.25) is 4.79 Å². The molecule has 0 aliphatic carbocycles. The molecule has 0 bridgehead atoms. The molecule has 0 heterocycles. The van der Waals surface area contributed by atoms with Crippen molar-refractivity contribution in [2.75, 3.05) is 12.8 Å². The van der Waals surface area contributed by atoms with Crippen molar-refractivity contribution in [2.45, 2.75) is 0 Å². The molecule has 92 valence electrons. The fraction of sp³-hybridized carbons (Fsp3) is 0.182. The fourth-order valence-electron chi connectivity index (χ4n) is 1.000. The Morgan fingerprint density at radius 2 is 2.00 bits per heavy atom. The summed E-state index contributed by atoms with van der Waals surface area (Å²) < 4.78 is 23.8. The third-order valence-corrected chi connectivity index (χ3v) is 3.21. The Hall–Kier alpha value is -1.11. The third kappa shape index (κ3) is 6.25. The first-order valence-electron chi connectivity index (χ1n) is 4.85. The predicted octanol–water partition coefficient (Wildman–Crippen LogP) is 1.62. The van der Waals surface area contributed by atoms with Gasteiger partial charge in [-0.2, -0.15) is 0 Å². The zero-order chi connectivity index (χ0) is 12.7. The van der Waals surface area contributed by atoms with E-state index in [1.807, 2.05) is 6.07 Å². The molecule has 0 spiro atoms. The summed E-state index contributed by atoms with van der Waals surface area (Å²) >= 11 is 1.03. The monoisotopic (exact) mass is 271 g/mol. The van der Waals surface area contributed by atoms with E-state index in [0.29, 0.717) is 5.56 Å². The Bertz CT molecular complexity index is 495. The highest BCUT2D eigenvalue weighted by Gasteiger charge is 2.02. The molecule has 1 rings (SSSR count). The van der Waals surface area contributed by atoms with Crippen LogP contribution in [-0.4, -0.2) is 26.3 Å². The average Bonchev–Trinajstić information content (AvgIpc) is 2.28. The summed E-state index contributed by atoms with van der Waals surface area (Å²) in [5.74, 6) is 0. The minimum atomic E-state index is -3.17. The number of benzene rings is 1. The van der Waals surface area contributed by atoms with Crippen LogP contribution >= 0.6 is 11.8 Å². The Morgan fingerprint density at radius 3 is 2.59 bits per heavy atom. The van der Waals surface area contributed by atoms with Gasteiger partial charge < -0.3 is 0 Å². The molecule has 0 radical (unpaired) electrons. The van der Waals surface area contributed by atoms with Crippen molar-refractivity contribution in [1.82, 2.24) is 4.72 Å². The molecular weight excluding hydrogens is 258 g/mol. The predicted molar refractivity (Wildman–Crippen MR) is 70.4 cm³/mol. The lowest BCUT2D eigenvalue weighted by Gasteiger charge is -1.97. The van der Waals surface area contributed by atoms with Gasteiger partial charge in [0.05, 0.1) is 6.26 Å². The van der Waals surface area contributed by atoms with E-state index in [1.54, 1.807) is 35.7 Å². The van der Waals surface area contributed by atoms with Crippen molar-refractivity contribution in [1.29, 1.82) is 0 Å². The van der Waals surface area contributed by atoms with Crippen LogP contribution in [0.5, 0.6) is 0 Å². The lowest BCUT2D eigenvalue weighted by Crippen LogP contribution is -2.21. The molecule has 0 fully saturated rings. The summed E-state index contributed by atoms with van der Waals surface area (Å²) in [6, 6.07) is 8.90. The van der Waals surface area contributed by atoms with E-state index in [1.165, 1.54) is 0 Å². The number of carbonyl (C=O) groups is 1. The number of sulfonamides is 1. The summed E-state index contributed by atoms with van der Waals surface area (Å²) in [5.41, 5.74) is 0.623. The fourth-order valence-corrected chi connectivity index (χ4v) is 1.99. The van der Waals surface area contributed by atoms with E-state index >= 15 is 0 Å². The first-order valence-corrected chi connectivity index (χ1v) is 7.62. The van der Waals surface area contributed by atoms with Gasteiger partial charge in [-0.15, -0.1) is 0 Å². The second-order valence-corrected chi connectivity index (χ2v) is 5.98. The molecule has 0 aromatic heterocycles. The molecule has 4 nitrogen and oxygen atoms in total. The summed E-state index contributed by atoms with van der Waals surface area (Å²) in [6.45, 7) is 0.188. The minimum Gasteiger partial charge on any atom is -0.281 e. The zero-order valence-corrected chi connectivity index (χ0v) is 10.9. The molecule has 0 aliphatic heterocycles. The number of carbonyl (C=O) groups excluding carboxylic acids is 1. The molecule has 1 N–H and O–H groups in total. The van der Waals surface area contributed by atoms with Gasteiger partial charge in [0, 0.05) is 12.1 Å². The van der Waals surface area contributed by atoms with Gasteiger partial charge in [-0.1, -0.05) is 48.2 Å². The zero-order valence-electron chi connectivity index (χ0n) is 9.29. The molecular formula is C11H13NO3S2. The van der Waals surface area contributed by atoms with Crippen LogP contribution in [0.1, 0.15) is 10.4 Å². The van der Waals surface area contributed by atoms with Crippen LogP contribution < -0.4 is 4.72 Å². The molecule has 0 amide bonds. The van der Waals surface area contributed by atoms with E-state index < -0.39 is 10.0 Å².